The minimum Gasteiger partial charge on any atom is -0.440 e. The van der Waals surface area contributed by atoms with E-state index in [-0.39, 0.29) is 9.27 Å². The minimum atomic E-state index is -3.56. The lowest BCUT2D eigenvalue weighted by molar-refractivity contribution is -0.385. The van der Waals surface area contributed by atoms with Gasteiger partial charge in [-0.1, -0.05) is 22.6 Å². The van der Waals surface area contributed by atoms with Crippen LogP contribution >= 0.6 is 11.3 Å². The first-order valence-electron chi connectivity index (χ1n) is 6.47. The molecule has 24 heavy (non-hydrogen) atoms. The third-order valence-corrected chi connectivity index (χ3v) is 5.74. The van der Waals surface area contributed by atoms with Gasteiger partial charge in [-0.25, -0.2) is 13.1 Å². The molecule has 0 atom stereocenters. The van der Waals surface area contributed by atoms with Gasteiger partial charge in [0.1, 0.15) is 9.96 Å². The number of thiophene rings is 1. The van der Waals surface area contributed by atoms with E-state index in [9.17, 15) is 18.5 Å². The van der Waals surface area contributed by atoms with Gasteiger partial charge in [-0.15, -0.1) is 5.10 Å². The maximum atomic E-state index is 11.6. The molecule has 0 N–H and O–H groups in total. The second-order valence-electron chi connectivity index (χ2n) is 4.71. The highest BCUT2D eigenvalue weighted by Crippen LogP contribution is 2.41. The van der Waals surface area contributed by atoms with Crippen LogP contribution in [-0.4, -0.2) is 34.6 Å². The quantitative estimate of drug-likeness (QED) is 0.503. The summed E-state index contributed by atoms with van der Waals surface area (Å²) in [5, 5.41) is 18.6. The van der Waals surface area contributed by atoms with E-state index < -0.39 is 20.4 Å². The maximum absolute atomic E-state index is 11.6. The number of nitrogens with zero attached hydrogens (tertiary/aromatic N) is 4. The Morgan fingerprint density at radius 2 is 2.12 bits per heavy atom. The summed E-state index contributed by atoms with van der Waals surface area (Å²) in [5.41, 5.74) is 0.249. The fourth-order valence-electron chi connectivity index (χ4n) is 1.87. The van der Waals surface area contributed by atoms with Gasteiger partial charge >= 0.3 is 5.69 Å². The van der Waals surface area contributed by atoms with Gasteiger partial charge in [0, 0.05) is 18.4 Å². The average molecular weight is 366 g/mol. The first-order valence-corrected chi connectivity index (χ1v) is 9.18. The molecular weight excluding hydrogens is 356 g/mol. The molecule has 0 amide bonds. The van der Waals surface area contributed by atoms with E-state index in [2.05, 4.69) is 10.3 Å². The number of hydrogen-bond acceptors (Lipinski definition) is 8. The number of sulfone groups is 1. The number of rotatable bonds is 5. The van der Waals surface area contributed by atoms with Crippen LogP contribution in [0.3, 0.4) is 0 Å². The maximum Gasteiger partial charge on any atom is 0.324 e. The predicted molar refractivity (Wildman–Crippen MR) is 85.5 cm³/mol. The van der Waals surface area contributed by atoms with Crippen LogP contribution in [0, 0.1) is 10.1 Å². The molecule has 0 saturated heterocycles. The number of hydrogen-bond donors (Lipinski definition) is 0. The van der Waals surface area contributed by atoms with Crippen molar-refractivity contribution >= 4 is 26.9 Å². The SMILES string of the molecule is CS(=O)(=O)c1cc([N+](=O)[O-])c(Oc2cccc(-n3ccnn3)c2)s1. The number of ether oxygens (including phenoxy) is 1. The Morgan fingerprint density at radius 3 is 2.75 bits per heavy atom. The zero-order valence-corrected chi connectivity index (χ0v) is 13.8. The number of nitro groups is 1. The van der Waals surface area contributed by atoms with Crippen LogP contribution in [0.25, 0.3) is 5.69 Å². The molecule has 3 rings (SSSR count). The molecule has 0 unspecified atom stereocenters. The molecular formula is C13H10N4O5S2. The van der Waals surface area contributed by atoms with Gasteiger partial charge in [0.25, 0.3) is 5.06 Å². The molecule has 0 radical (unpaired) electrons. The van der Waals surface area contributed by atoms with Crippen molar-refractivity contribution in [2.24, 2.45) is 0 Å². The van der Waals surface area contributed by atoms with Gasteiger partial charge in [-0.05, 0) is 12.1 Å². The van der Waals surface area contributed by atoms with Gasteiger partial charge in [0.15, 0.2) is 9.84 Å². The number of aromatic nitrogens is 3. The first kappa shape index (κ1) is 16.1. The van der Waals surface area contributed by atoms with Crippen molar-refractivity contribution in [3.8, 4) is 16.5 Å². The van der Waals surface area contributed by atoms with E-state index >= 15 is 0 Å². The predicted octanol–water partition coefficient (Wildman–Crippen LogP) is 2.43. The summed E-state index contributed by atoms with van der Waals surface area (Å²) in [5.74, 6) is 0.313. The summed E-state index contributed by atoms with van der Waals surface area (Å²) in [6, 6.07) is 7.65. The monoisotopic (exact) mass is 366 g/mol. The molecule has 9 nitrogen and oxygen atoms in total. The lowest BCUT2D eigenvalue weighted by Crippen LogP contribution is -1.95. The van der Waals surface area contributed by atoms with Crippen molar-refractivity contribution in [1.82, 2.24) is 15.0 Å². The zero-order chi connectivity index (χ0) is 17.3. The summed E-state index contributed by atoms with van der Waals surface area (Å²) in [6.07, 6.45) is 4.13. The highest BCUT2D eigenvalue weighted by molar-refractivity contribution is 7.92. The summed E-state index contributed by atoms with van der Waals surface area (Å²) in [4.78, 5) is 10.4. The van der Waals surface area contributed by atoms with Gasteiger partial charge in [-0.3, -0.25) is 10.1 Å². The van der Waals surface area contributed by atoms with Crippen molar-refractivity contribution in [2.75, 3.05) is 6.26 Å². The Labute approximate surface area is 140 Å². The summed E-state index contributed by atoms with van der Waals surface area (Å²) < 4.78 is 30.1. The fourth-order valence-corrected chi connectivity index (χ4v) is 3.76. The van der Waals surface area contributed by atoms with E-state index in [0.717, 1.165) is 12.3 Å². The molecule has 0 aliphatic heterocycles. The molecule has 0 aliphatic carbocycles. The van der Waals surface area contributed by atoms with Crippen molar-refractivity contribution in [1.29, 1.82) is 0 Å². The Kier molecular flexibility index (Phi) is 4.03. The third-order valence-electron chi connectivity index (χ3n) is 2.93. The largest absolute Gasteiger partial charge is 0.440 e. The van der Waals surface area contributed by atoms with Crippen LogP contribution in [0.4, 0.5) is 5.69 Å². The van der Waals surface area contributed by atoms with Gasteiger partial charge in [-0.2, -0.15) is 0 Å². The van der Waals surface area contributed by atoms with E-state index in [1.54, 1.807) is 30.5 Å². The minimum absolute atomic E-state index is 0.101. The van der Waals surface area contributed by atoms with E-state index in [1.807, 2.05) is 0 Å². The van der Waals surface area contributed by atoms with Crippen LogP contribution < -0.4 is 4.74 Å². The molecule has 3 aromatic rings. The smallest absolute Gasteiger partial charge is 0.324 e. The van der Waals surface area contributed by atoms with Crippen LogP contribution in [0.1, 0.15) is 0 Å². The molecule has 0 saturated carbocycles. The summed E-state index contributed by atoms with van der Waals surface area (Å²) >= 11 is 0.706. The van der Waals surface area contributed by atoms with Crippen molar-refractivity contribution in [3.05, 3.63) is 52.8 Å². The molecule has 0 bridgehead atoms. The van der Waals surface area contributed by atoms with Gasteiger partial charge in [0.2, 0.25) is 0 Å². The molecule has 11 heteroatoms. The highest BCUT2D eigenvalue weighted by Gasteiger charge is 2.25. The second-order valence-corrected chi connectivity index (χ2v) is 7.97. The molecule has 2 heterocycles. The van der Waals surface area contributed by atoms with E-state index in [0.29, 0.717) is 22.8 Å². The van der Waals surface area contributed by atoms with Crippen LogP contribution in [0.15, 0.2) is 46.9 Å². The Hall–Kier alpha value is -2.79. The van der Waals surface area contributed by atoms with Crippen molar-refractivity contribution in [3.63, 3.8) is 0 Å². The van der Waals surface area contributed by atoms with Gasteiger partial charge < -0.3 is 4.74 Å². The third kappa shape index (κ3) is 3.26. The molecule has 0 aliphatic rings. The lowest BCUT2D eigenvalue weighted by atomic mass is 10.3. The molecule has 2 aromatic heterocycles. The van der Waals surface area contributed by atoms with Crippen LogP contribution in [0.5, 0.6) is 10.8 Å². The van der Waals surface area contributed by atoms with Crippen LogP contribution in [0.2, 0.25) is 0 Å². The Bertz CT molecular complexity index is 995. The molecule has 0 spiro atoms. The van der Waals surface area contributed by atoms with Crippen LogP contribution in [-0.2, 0) is 9.84 Å². The first-order chi connectivity index (χ1) is 11.3. The van der Waals surface area contributed by atoms with E-state index in [1.165, 1.54) is 10.9 Å². The summed E-state index contributed by atoms with van der Waals surface area (Å²) in [6.45, 7) is 0. The topological polar surface area (TPSA) is 117 Å². The Balaban J connectivity index is 1.98. The average Bonchev–Trinajstić information content (AvgIpc) is 3.16. The molecule has 1 aromatic carbocycles. The highest BCUT2D eigenvalue weighted by atomic mass is 32.2. The Morgan fingerprint density at radius 1 is 1.33 bits per heavy atom. The zero-order valence-electron chi connectivity index (χ0n) is 12.2. The molecule has 124 valence electrons. The standard InChI is InChI=1S/C13H10N4O5S2/c1-24(20,21)12-8-11(17(18)19)13(23-12)22-10-4-2-3-9(7-10)16-6-5-14-15-16/h2-8H,1H3. The fraction of sp³-hybridized carbons (Fsp3) is 0.0769. The van der Waals surface area contributed by atoms with Crippen molar-refractivity contribution < 1.29 is 18.1 Å². The molecule has 0 fully saturated rings. The second kappa shape index (κ2) is 6.02. The number of benzene rings is 1. The normalized spacial score (nSPS) is 11.4. The van der Waals surface area contributed by atoms with Crippen molar-refractivity contribution in [2.45, 2.75) is 4.21 Å². The van der Waals surface area contributed by atoms with Gasteiger partial charge in [0.05, 0.1) is 23.0 Å². The summed E-state index contributed by atoms with van der Waals surface area (Å²) in [7, 11) is -3.56. The lowest BCUT2D eigenvalue weighted by Gasteiger charge is -2.05. The van der Waals surface area contributed by atoms with E-state index in [4.69, 9.17) is 4.74 Å².